The van der Waals surface area contributed by atoms with E-state index in [2.05, 4.69) is 20.8 Å². The number of aromatic nitrogens is 2. The van der Waals surface area contributed by atoms with Crippen LogP contribution in [0.15, 0.2) is 27.8 Å². The smallest absolute Gasteiger partial charge is 0.408 e. The van der Waals surface area contributed by atoms with Crippen LogP contribution >= 0.6 is 0 Å². The maximum atomic E-state index is 12.5. The lowest BCUT2D eigenvalue weighted by Crippen LogP contribution is -2.34. The fourth-order valence-corrected chi connectivity index (χ4v) is 3.41. The highest BCUT2D eigenvalue weighted by molar-refractivity contribution is 7.91. The topological polar surface area (TPSA) is 140 Å². The molecule has 0 spiro atoms. The van der Waals surface area contributed by atoms with Crippen molar-refractivity contribution in [2.45, 2.75) is 58.4 Å². The van der Waals surface area contributed by atoms with Crippen molar-refractivity contribution in [3.8, 4) is 0 Å². The number of alkyl carbamates (subject to hydrolysis) is 1. The van der Waals surface area contributed by atoms with Crippen LogP contribution in [0.2, 0.25) is 0 Å². The first-order valence-electron chi connectivity index (χ1n) is 9.20. The summed E-state index contributed by atoms with van der Waals surface area (Å²) in [5, 5.41) is 11.5. The molecule has 1 atom stereocenters. The largest absolute Gasteiger partial charge is 0.444 e. The summed E-state index contributed by atoms with van der Waals surface area (Å²) >= 11 is 0. The van der Waals surface area contributed by atoms with Crippen LogP contribution in [0.5, 0.6) is 0 Å². The van der Waals surface area contributed by atoms with Crippen molar-refractivity contribution in [2.75, 3.05) is 11.1 Å². The number of sulfone groups is 1. The average Bonchev–Trinajstić information content (AvgIpc) is 3.07. The summed E-state index contributed by atoms with van der Waals surface area (Å²) in [6, 6.07) is 4.66. The Morgan fingerprint density at radius 1 is 1.17 bits per heavy atom. The maximum absolute atomic E-state index is 12.5. The molecule has 0 saturated heterocycles. The molecule has 2 aromatic rings. The van der Waals surface area contributed by atoms with Gasteiger partial charge in [-0.25, -0.2) is 13.2 Å². The predicted octanol–water partition coefficient (Wildman–Crippen LogP) is 2.68. The van der Waals surface area contributed by atoms with Crippen LogP contribution in [0, 0.1) is 13.8 Å². The highest BCUT2D eigenvalue weighted by atomic mass is 32.2. The molecule has 10 nitrogen and oxygen atoms in total. The second-order valence-corrected chi connectivity index (χ2v) is 9.72. The van der Waals surface area contributed by atoms with E-state index in [1.54, 1.807) is 46.8 Å². The minimum Gasteiger partial charge on any atom is -0.444 e. The first-order valence-corrected chi connectivity index (χ1v) is 10.9. The Balaban J connectivity index is 2.06. The number of benzene rings is 1. The molecular formula is C19H26N4O6S. The van der Waals surface area contributed by atoms with Gasteiger partial charge in [0.05, 0.1) is 0 Å². The third kappa shape index (κ3) is 6.28. The second kappa shape index (κ2) is 8.82. The zero-order valence-electron chi connectivity index (χ0n) is 17.8. The van der Waals surface area contributed by atoms with Gasteiger partial charge in [-0.3, -0.25) is 4.79 Å². The zero-order chi connectivity index (χ0) is 22.7. The molecule has 1 aromatic carbocycles. The van der Waals surface area contributed by atoms with E-state index < -0.39 is 44.5 Å². The predicted molar refractivity (Wildman–Crippen MR) is 109 cm³/mol. The Morgan fingerprint density at radius 2 is 1.77 bits per heavy atom. The van der Waals surface area contributed by atoms with Gasteiger partial charge in [-0.15, -0.1) is 5.10 Å². The minimum atomic E-state index is -4.17. The van der Waals surface area contributed by atoms with E-state index in [0.29, 0.717) is 5.69 Å². The van der Waals surface area contributed by atoms with Gasteiger partial charge < -0.3 is 19.8 Å². The van der Waals surface area contributed by atoms with Crippen molar-refractivity contribution in [1.29, 1.82) is 0 Å². The summed E-state index contributed by atoms with van der Waals surface area (Å²) in [5.41, 5.74) is 1.47. The summed E-state index contributed by atoms with van der Waals surface area (Å²) in [5.74, 6) is -1.72. The second-order valence-electron chi connectivity index (χ2n) is 7.85. The number of ether oxygens (including phenoxy) is 1. The summed E-state index contributed by atoms with van der Waals surface area (Å²) in [4.78, 5) is 24.1. The Hall–Kier alpha value is -2.95. The first-order chi connectivity index (χ1) is 13.8. The summed E-state index contributed by atoms with van der Waals surface area (Å²) in [7, 11) is -4.17. The molecule has 2 amide bonds. The number of aryl methyl sites for hydroxylation is 2. The van der Waals surface area contributed by atoms with E-state index in [-0.39, 0.29) is 5.89 Å². The Kier molecular flexibility index (Phi) is 6.86. The summed E-state index contributed by atoms with van der Waals surface area (Å²) < 4.78 is 35.3. The summed E-state index contributed by atoms with van der Waals surface area (Å²) in [6.45, 7) is 10.3. The number of rotatable bonds is 6. The third-order valence-corrected chi connectivity index (χ3v) is 5.20. The molecule has 30 heavy (non-hydrogen) atoms. The fourth-order valence-electron chi connectivity index (χ4n) is 2.49. The van der Waals surface area contributed by atoms with Gasteiger partial charge in [-0.2, -0.15) is 0 Å². The van der Waals surface area contributed by atoms with Gasteiger partial charge in [0.2, 0.25) is 21.6 Å². The number of nitrogens with one attached hydrogen (secondary N) is 2. The van der Waals surface area contributed by atoms with Crippen molar-refractivity contribution in [2.24, 2.45) is 0 Å². The van der Waals surface area contributed by atoms with Crippen LogP contribution in [-0.4, -0.2) is 42.0 Å². The van der Waals surface area contributed by atoms with E-state index in [9.17, 15) is 18.0 Å². The number of para-hydroxylation sites is 1. The number of nitrogens with zero attached hydrogens (tertiary/aromatic N) is 2. The van der Waals surface area contributed by atoms with Crippen molar-refractivity contribution in [3.05, 3.63) is 35.2 Å². The van der Waals surface area contributed by atoms with Crippen molar-refractivity contribution < 1.29 is 27.2 Å². The molecule has 0 aliphatic rings. The molecule has 2 N–H and O–H groups in total. The van der Waals surface area contributed by atoms with Gasteiger partial charge in [-0.1, -0.05) is 23.3 Å². The Morgan fingerprint density at radius 3 is 2.33 bits per heavy atom. The minimum absolute atomic E-state index is 0.130. The molecule has 1 heterocycles. The van der Waals surface area contributed by atoms with Gasteiger partial charge in [0, 0.05) is 5.69 Å². The van der Waals surface area contributed by atoms with E-state index in [0.717, 1.165) is 11.1 Å². The zero-order valence-corrected chi connectivity index (χ0v) is 18.6. The molecule has 0 aliphatic heterocycles. The molecule has 0 unspecified atom stereocenters. The van der Waals surface area contributed by atoms with Gasteiger partial charge in [-0.05, 0) is 52.7 Å². The molecule has 0 saturated carbocycles. The molecule has 11 heteroatoms. The van der Waals surface area contributed by atoms with Gasteiger partial charge in [0.15, 0.2) is 0 Å². The normalized spacial score (nSPS) is 12.9. The van der Waals surface area contributed by atoms with Crippen molar-refractivity contribution >= 4 is 27.5 Å². The van der Waals surface area contributed by atoms with Crippen molar-refractivity contribution in [1.82, 2.24) is 15.5 Å². The molecule has 0 fully saturated rings. The lowest BCUT2D eigenvalue weighted by Gasteiger charge is -2.20. The monoisotopic (exact) mass is 438 g/mol. The standard InChI is InChI=1S/C19H26N4O6S/c1-11-8-7-9-12(2)15(11)21-14(24)10-30(26,27)18-23-22-16(28-18)13(3)20-17(25)29-19(4,5)6/h7-9,13H,10H2,1-6H3,(H,20,25)(H,21,24)/t13-/m0/s1. The van der Waals surface area contributed by atoms with E-state index in [1.807, 2.05) is 6.07 Å². The lowest BCUT2D eigenvalue weighted by molar-refractivity contribution is -0.113. The summed E-state index contributed by atoms with van der Waals surface area (Å²) in [6.07, 6.45) is -0.717. The number of hydrogen-bond acceptors (Lipinski definition) is 8. The van der Waals surface area contributed by atoms with E-state index in [4.69, 9.17) is 9.15 Å². The van der Waals surface area contributed by atoms with Crippen LogP contribution in [0.3, 0.4) is 0 Å². The number of anilines is 1. The lowest BCUT2D eigenvalue weighted by atomic mass is 10.1. The van der Waals surface area contributed by atoms with E-state index in [1.165, 1.54) is 6.92 Å². The van der Waals surface area contributed by atoms with Gasteiger partial charge >= 0.3 is 11.3 Å². The van der Waals surface area contributed by atoms with Crippen molar-refractivity contribution in [3.63, 3.8) is 0 Å². The number of hydrogen-bond donors (Lipinski definition) is 2. The SMILES string of the molecule is Cc1cccc(C)c1NC(=O)CS(=O)(=O)c1nnc([C@H](C)NC(=O)OC(C)(C)C)o1. The number of carbonyl (C=O) groups excluding carboxylic acids is 2. The molecule has 164 valence electrons. The number of amides is 2. The third-order valence-electron chi connectivity index (χ3n) is 3.86. The van der Waals surface area contributed by atoms with Crippen LogP contribution in [0.4, 0.5) is 10.5 Å². The van der Waals surface area contributed by atoms with Crippen LogP contribution in [0.25, 0.3) is 0 Å². The Labute approximate surface area is 175 Å². The van der Waals surface area contributed by atoms with Crippen LogP contribution < -0.4 is 10.6 Å². The molecule has 0 radical (unpaired) electrons. The first kappa shape index (κ1) is 23.3. The Bertz CT molecular complexity index is 1020. The molecule has 2 rings (SSSR count). The van der Waals surface area contributed by atoms with Crippen LogP contribution in [-0.2, 0) is 19.4 Å². The number of carbonyl (C=O) groups is 2. The van der Waals surface area contributed by atoms with Gasteiger partial charge in [0.25, 0.3) is 0 Å². The quantitative estimate of drug-likeness (QED) is 0.701. The van der Waals surface area contributed by atoms with E-state index >= 15 is 0 Å². The highest BCUT2D eigenvalue weighted by Crippen LogP contribution is 2.20. The molecule has 0 bridgehead atoms. The molecule has 0 aliphatic carbocycles. The molecular weight excluding hydrogens is 412 g/mol. The molecule has 1 aromatic heterocycles. The van der Waals surface area contributed by atoms with Crippen LogP contribution in [0.1, 0.15) is 50.8 Å². The fraction of sp³-hybridized carbons (Fsp3) is 0.474. The average molecular weight is 439 g/mol. The van der Waals surface area contributed by atoms with Gasteiger partial charge in [0.1, 0.15) is 17.4 Å². The maximum Gasteiger partial charge on any atom is 0.408 e. The highest BCUT2D eigenvalue weighted by Gasteiger charge is 2.28.